The molecule has 0 spiro atoms. The summed E-state index contributed by atoms with van der Waals surface area (Å²) in [5.74, 6) is 0.603. The average molecular weight is 148 g/mol. The molecule has 2 nitrogen and oxygen atoms in total. The van der Waals surface area contributed by atoms with Gasteiger partial charge in [-0.25, -0.2) is 4.99 Å². The highest BCUT2D eigenvalue weighted by atomic mass is 14.9. The van der Waals surface area contributed by atoms with Gasteiger partial charge in [0.25, 0.3) is 0 Å². The van der Waals surface area contributed by atoms with Crippen molar-refractivity contribution in [2.24, 2.45) is 10.7 Å². The lowest BCUT2D eigenvalue weighted by Crippen LogP contribution is -2.10. The van der Waals surface area contributed by atoms with Crippen molar-refractivity contribution in [1.82, 2.24) is 0 Å². The van der Waals surface area contributed by atoms with Crippen molar-refractivity contribution in [2.45, 2.75) is 13.8 Å². The van der Waals surface area contributed by atoms with E-state index in [9.17, 15) is 0 Å². The first-order valence-corrected chi connectivity index (χ1v) is 3.59. The van der Waals surface area contributed by atoms with Gasteiger partial charge < -0.3 is 5.73 Å². The van der Waals surface area contributed by atoms with Crippen LogP contribution in [0.2, 0.25) is 0 Å². The molecular weight excluding hydrogens is 136 g/mol. The minimum atomic E-state index is 0.603. The van der Waals surface area contributed by atoms with E-state index < -0.39 is 0 Å². The molecule has 1 heterocycles. The van der Waals surface area contributed by atoms with Gasteiger partial charge in [0.05, 0.1) is 0 Å². The molecule has 1 aliphatic rings. The van der Waals surface area contributed by atoms with E-state index in [-0.39, 0.29) is 0 Å². The van der Waals surface area contributed by atoms with Gasteiger partial charge in [-0.2, -0.15) is 0 Å². The summed E-state index contributed by atoms with van der Waals surface area (Å²) in [6.45, 7) is 4.03. The molecular formula is C9H12N2. The third-order valence-electron chi connectivity index (χ3n) is 1.60. The Morgan fingerprint density at radius 3 is 2.82 bits per heavy atom. The van der Waals surface area contributed by atoms with Gasteiger partial charge in [0.15, 0.2) is 0 Å². The lowest BCUT2D eigenvalue weighted by atomic mass is 10.1. The largest absolute Gasteiger partial charge is 0.383 e. The fourth-order valence-corrected chi connectivity index (χ4v) is 0.808. The summed E-state index contributed by atoms with van der Waals surface area (Å²) in [6, 6.07) is 0. The molecule has 0 aromatic carbocycles. The SMILES string of the molecule is C/C=C(C)\C=C1\C=CN=C1N. The van der Waals surface area contributed by atoms with Crippen molar-refractivity contribution in [3.63, 3.8) is 0 Å². The summed E-state index contributed by atoms with van der Waals surface area (Å²) >= 11 is 0. The zero-order chi connectivity index (χ0) is 8.27. The second kappa shape index (κ2) is 3.19. The van der Waals surface area contributed by atoms with E-state index in [1.807, 2.05) is 32.1 Å². The lowest BCUT2D eigenvalue weighted by Gasteiger charge is -1.94. The number of hydrogen-bond acceptors (Lipinski definition) is 2. The van der Waals surface area contributed by atoms with E-state index in [1.54, 1.807) is 6.20 Å². The summed E-state index contributed by atoms with van der Waals surface area (Å²) in [5.41, 5.74) is 7.77. The van der Waals surface area contributed by atoms with Gasteiger partial charge in [-0.05, 0) is 26.0 Å². The number of aliphatic imine (C=N–C) groups is 1. The van der Waals surface area contributed by atoms with Crippen LogP contribution in [0.25, 0.3) is 0 Å². The molecule has 0 saturated carbocycles. The molecule has 1 rings (SSSR count). The molecule has 0 bridgehead atoms. The molecule has 0 radical (unpaired) electrons. The minimum absolute atomic E-state index is 0.603. The molecule has 58 valence electrons. The highest BCUT2D eigenvalue weighted by Crippen LogP contribution is 2.08. The predicted molar refractivity (Wildman–Crippen MR) is 48.3 cm³/mol. The molecule has 0 aromatic heterocycles. The Kier molecular flexibility index (Phi) is 2.26. The maximum atomic E-state index is 5.57. The molecule has 0 amide bonds. The molecule has 0 unspecified atom stereocenters. The molecule has 0 atom stereocenters. The molecule has 11 heavy (non-hydrogen) atoms. The fourth-order valence-electron chi connectivity index (χ4n) is 0.808. The number of nitrogens with zero attached hydrogens (tertiary/aromatic N) is 1. The highest BCUT2D eigenvalue weighted by Gasteiger charge is 2.01. The Morgan fingerprint density at radius 1 is 1.64 bits per heavy atom. The lowest BCUT2D eigenvalue weighted by molar-refractivity contribution is 1.46. The molecule has 0 fully saturated rings. The second-order valence-corrected chi connectivity index (χ2v) is 2.46. The van der Waals surface area contributed by atoms with E-state index in [2.05, 4.69) is 4.99 Å². The standard InChI is InChI=1S/C9H12N2/c1-3-7(2)6-8-4-5-11-9(8)10/h3-6H,1-2H3,(H2,10,11)/b7-3-,8-6-. The summed E-state index contributed by atoms with van der Waals surface area (Å²) in [7, 11) is 0. The maximum absolute atomic E-state index is 5.57. The Balaban J connectivity index is 2.84. The van der Waals surface area contributed by atoms with Crippen LogP contribution in [0, 0.1) is 0 Å². The van der Waals surface area contributed by atoms with Crippen LogP contribution >= 0.6 is 0 Å². The number of allylic oxidation sites excluding steroid dienone is 3. The fraction of sp³-hybridized carbons (Fsp3) is 0.222. The van der Waals surface area contributed by atoms with E-state index in [4.69, 9.17) is 5.73 Å². The molecule has 1 aliphatic heterocycles. The van der Waals surface area contributed by atoms with Gasteiger partial charge in [0, 0.05) is 11.8 Å². The van der Waals surface area contributed by atoms with Crippen LogP contribution < -0.4 is 5.73 Å². The van der Waals surface area contributed by atoms with Crippen LogP contribution in [-0.2, 0) is 0 Å². The van der Waals surface area contributed by atoms with Crippen molar-refractivity contribution < 1.29 is 0 Å². The van der Waals surface area contributed by atoms with Crippen molar-refractivity contribution in [2.75, 3.05) is 0 Å². The van der Waals surface area contributed by atoms with Crippen LogP contribution in [-0.4, -0.2) is 5.84 Å². The Bertz CT molecular complexity index is 267. The molecule has 0 aliphatic carbocycles. The monoisotopic (exact) mass is 148 g/mol. The first-order chi connectivity index (χ1) is 5.24. The number of hydrogen-bond donors (Lipinski definition) is 1. The number of nitrogens with two attached hydrogens (primary N) is 1. The maximum Gasteiger partial charge on any atom is 0.130 e. The van der Waals surface area contributed by atoms with Crippen molar-refractivity contribution >= 4 is 5.84 Å². The van der Waals surface area contributed by atoms with Crippen LogP contribution in [0.5, 0.6) is 0 Å². The Hall–Kier alpha value is -1.31. The topological polar surface area (TPSA) is 38.4 Å². The summed E-state index contributed by atoms with van der Waals surface area (Å²) in [4.78, 5) is 3.92. The molecule has 0 saturated heterocycles. The van der Waals surface area contributed by atoms with E-state index in [1.165, 1.54) is 5.57 Å². The Labute approximate surface area is 66.8 Å². The third-order valence-corrected chi connectivity index (χ3v) is 1.60. The van der Waals surface area contributed by atoms with Gasteiger partial charge in [0.2, 0.25) is 0 Å². The van der Waals surface area contributed by atoms with Crippen LogP contribution in [0.4, 0.5) is 0 Å². The average Bonchev–Trinajstić information content (AvgIpc) is 2.37. The van der Waals surface area contributed by atoms with E-state index >= 15 is 0 Å². The summed E-state index contributed by atoms with van der Waals surface area (Å²) in [5, 5.41) is 0. The predicted octanol–water partition coefficient (Wildman–Crippen LogP) is 1.76. The van der Waals surface area contributed by atoms with Gasteiger partial charge in [0.1, 0.15) is 5.84 Å². The Morgan fingerprint density at radius 2 is 2.36 bits per heavy atom. The minimum Gasteiger partial charge on any atom is -0.383 e. The third kappa shape index (κ3) is 1.80. The van der Waals surface area contributed by atoms with Crippen LogP contribution in [0.1, 0.15) is 13.8 Å². The van der Waals surface area contributed by atoms with Crippen LogP contribution in [0.3, 0.4) is 0 Å². The number of amidine groups is 1. The van der Waals surface area contributed by atoms with Gasteiger partial charge >= 0.3 is 0 Å². The second-order valence-electron chi connectivity index (χ2n) is 2.46. The summed E-state index contributed by atoms with van der Waals surface area (Å²) < 4.78 is 0. The quantitative estimate of drug-likeness (QED) is 0.604. The van der Waals surface area contributed by atoms with Gasteiger partial charge in [-0.3, -0.25) is 0 Å². The normalized spacial score (nSPS) is 21.1. The zero-order valence-electron chi connectivity index (χ0n) is 6.83. The van der Waals surface area contributed by atoms with Crippen molar-refractivity contribution in [3.05, 3.63) is 35.6 Å². The van der Waals surface area contributed by atoms with Gasteiger partial charge in [-0.1, -0.05) is 11.6 Å². The molecule has 2 heteroatoms. The van der Waals surface area contributed by atoms with E-state index in [0.29, 0.717) is 5.84 Å². The highest BCUT2D eigenvalue weighted by molar-refractivity contribution is 6.02. The molecule has 0 aromatic rings. The summed E-state index contributed by atoms with van der Waals surface area (Å²) in [6.07, 6.45) is 7.67. The van der Waals surface area contributed by atoms with Crippen molar-refractivity contribution in [1.29, 1.82) is 0 Å². The van der Waals surface area contributed by atoms with Gasteiger partial charge in [-0.15, -0.1) is 0 Å². The van der Waals surface area contributed by atoms with E-state index in [0.717, 1.165) is 5.57 Å². The van der Waals surface area contributed by atoms with Crippen molar-refractivity contribution in [3.8, 4) is 0 Å². The zero-order valence-corrected chi connectivity index (χ0v) is 6.83. The number of rotatable bonds is 1. The smallest absolute Gasteiger partial charge is 0.130 e. The first-order valence-electron chi connectivity index (χ1n) is 3.59. The molecule has 2 N–H and O–H groups in total. The first kappa shape index (κ1) is 7.79. The van der Waals surface area contributed by atoms with Crippen LogP contribution in [0.15, 0.2) is 40.6 Å².